The predicted octanol–water partition coefficient (Wildman–Crippen LogP) is 3.43. The van der Waals surface area contributed by atoms with Gasteiger partial charge in [-0.05, 0) is 61.7 Å². The molecule has 0 bridgehead atoms. The number of anilines is 1. The van der Waals surface area contributed by atoms with E-state index in [1.807, 2.05) is 38.1 Å². The summed E-state index contributed by atoms with van der Waals surface area (Å²) in [6.07, 6.45) is 1.54. The molecule has 1 aliphatic rings. The fourth-order valence-corrected chi connectivity index (χ4v) is 4.22. The van der Waals surface area contributed by atoms with Gasteiger partial charge < -0.3 is 16.4 Å². The molecule has 0 aliphatic carbocycles. The van der Waals surface area contributed by atoms with Gasteiger partial charge in [-0.1, -0.05) is 49.7 Å². The Morgan fingerprint density at radius 3 is 2.42 bits per heavy atom. The lowest BCUT2D eigenvalue weighted by Crippen LogP contribution is -2.47. The molecule has 176 valence electrons. The van der Waals surface area contributed by atoms with E-state index in [0.29, 0.717) is 16.3 Å². The lowest BCUT2D eigenvalue weighted by Gasteiger charge is -2.30. The summed E-state index contributed by atoms with van der Waals surface area (Å²) in [7, 11) is 0. The average molecular weight is 471 g/mol. The molecular formula is C25H31ClN4O3. The summed E-state index contributed by atoms with van der Waals surface area (Å²) in [6, 6.07) is 13.7. The van der Waals surface area contributed by atoms with Crippen LogP contribution >= 0.6 is 11.6 Å². The number of nitrogens with two attached hydrogens (primary N) is 1. The lowest BCUT2D eigenvalue weighted by atomic mass is 9.96. The van der Waals surface area contributed by atoms with Gasteiger partial charge in [0.1, 0.15) is 6.04 Å². The zero-order valence-corrected chi connectivity index (χ0v) is 19.8. The molecule has 33 heavy (non-hydrogen) atoms. The van der Waals surface area contributed by atoms with Crippen LogP contribution in [0.2, 0.25) is 5.02 Å². The third-order valence-corrected chi connectivity index (χ3v) is 6.27. The zero-order chi connectivity index (χ0) is 24.0. The number of piperidine rings is 1. The molecule has 7 nitrogen and oxygen atoms in total. The zero-order valence-electron chi connectivity index (χ0n) is 19.0. The second-order valence-corrected chi connectivity index (χ2v) is 9.22. The molecule has 0 aromatic heterocycles. The van der Waals surface area contributed by atoms with Gasteiger partial charge >= 0.3 is 0 Å². The number of benzene rings is 2. The number of hydrogen-bond donors (Lipinski definition) is 3. The van der Waals surface area contributed by atoms with Gasteiger partial charge in [0, 0.05) is 18.2 Å². The van der Waals surface area contributed by atoms with Crippen LogP contribution in [0.1, 0.15) is 42.6 Å². The van der Waals surface area contributed by atoms with E-state index in [1.54, 1.807) is 24.3 Å². The van der Waals surface area contributed by atoms with Crippen LogP contribution < -0.4 is 16.4 Å². The number of amides is 3. The number of halogens is 1. The molecule has 1 aliphatic heterocycles. The smallest absolute Gasteiger partial charge is 0.253 e. The normalized spacial score (nSPS) is 15.8. The van der Waals surface area contributed by atoms with E-state index >= 15 is 0 Å². The molecule has 3 amide bonds. The van der Waals surface area contributed by atoms with E-state index in [9.17, 15) is 14.4 Å². The van der Waals surface area contributed by atoms with Crippen molar-refractivity contribution in [2.24, 2.45) is 17.6 Å². The molecule has 0 radical (unpaired) electrons. The second kappa shape index (κ2) is 11.3. The predicted molar refractivity (Wildman–Crippen MR) is 130 cm³/mol. The largest absolute Gasteiger partial charge is 0.369 e. The van der Waals surface area contributed by atoms with Crippen molar-refractivity contribution in [3.8, 4) is 0 Å². The van der Waals surface area contributed by atoms with Gasteiger partial charge in [0.2, 0.25) is 11.8 Å². The van der Waals surface area contributed by atoms with Crippen LogP contribution in [0.3, 0.4) is 0 Å². The van der Waals surface area contributed by atoms with Crippen LogP contribution in [0, 0.1) is 11.8 Å². The summed E-state index contributed by atoms with van der Waals surface area (Å²) >= 11 is 6.12. The molecule has 4 N–H and O–H groups in total. The van der Waals surface area contributed by atoms with Gasteiger partial charge in [-0.15, -0.1) is 0 Å². The van der Waals surface area contributed by atoms with Gasteiger partial charge in [-0.2, -0.15) is 0 Å². The Balaban J connectivity index is 1.62. The first-order valence-corrected chi connectivity index (χ1v) is 11.6. The molecule has 1 heterocycles. The highest BCUT2D eigenvalue weighted by Gasteiger charge is 2.26. The fraction of sp³-hybridized carbons (Fsp3) is 0.400. The molecule has 2 aromatic carbocycles. The number of carbonyl (C=O) groups excluding carboxylic acids is 3. The summed E-state index contributed by atoms with van der Waals surface area (Å²) in [6.45, 7) is 6.11. The van der Waals surface area contributed by atoms with Gasteiger partial charge in [0.05, 0.1) is 10.6 Å². The van der Waals surface area contributed by atoms with E-state index in [1.165, 1.54) is 0 Å². The Labute approximate surface area is 199 Å². The number of primary amides is 1. The van der Waals surface area contributed by atoms with Crippen LogP contribution in [-0.2, 0) is 16.1 Å². The number of likely N-dealkylation sites (tertiary alicyclic amines) is 1. The maximum atomic E-state index is 13.0. The van der Waals surface area contributed by atoms with Gasteiger partial charge in [0.15, 0.2) is 0 Å². The van der Waals surface area contributed by atoms with Crippen molar-refractivity contribution < 1.29 is 14.4 Å². The van der Waals surface area contributed by atoms with E-state index in [-0.39, 0.29) is 29.6 Å². The first kappa shape index (κ1) is 24.7. The molecule has 0 saturated carbocycles. The maximum absolute atomic E-state index is 13.0. The van der Waals surface area contributed by atoms with Crippen molar-refractivity contribution in [1.82, 2.24) is 10.2 Å². The lowest BCUT2D eigenvalue weighted by molar-refractivity contribution is -0.123. The third-order valence-electron chi connectivity index (χ3n) is 5.94. The standard InChI is InChI=1S/C25H31ClN4O3/c1-16(2)22(29-24(32)20-8-3-4-9-21(20)26)25(33)28-19-7-5-6-17(14-19)15-30-12-10-18(11-13-30)23(27)31/h3-9,14,16,18,22H,10-13,15H2,1-2H3,(H2,27,31)(H,28,33)(H,29,32). The molecule has 2 aromatic rings. The minimum absolute atomic E-state index is 0.0409. The molecule has 0 spiro atoms. The molecule has 1 unspecified atom stereocenters. The first-order valence-electron chi connectivity index (χ1n) is 11.2. The Morgan fingerprint density at radius 2 is 1.79 bits per heavy atom. The first-order chi connectivity index (χ1) is 15.7. The summed E-state index contributed by atoms with van der Waals surface area (Å²) in [5, 5.41) is 6.07. The summed E-state index contributed by atoms with van der Waals surface area (Å²) in [5.74, 6) is -1.06. The molecule has 1 fully saturated rings. The van der Waals surface area contributed by atoms with Crippen LogP contribution in [0.4, 0.5) is 5.69 Å². The van der Waals surface area contributed by atoms with E-state index in [4.69, 9.17) is 17.3 Å². The molecule has 1 saturated heterocycles. The number of rotatable bonds is 8. The van der Waals surface area contributed by atoms with Crippen molar-refractivity contribution >= 4 is 35.0 Å². The van der Waals surface area contributed by atoms with Crippen LogP contribution in [0.15, 0.2) is 48.5 Å². The number of nitrogens with zero attached hydrogens (tertiary/aromatic N) is 1. The minimum Gasteiger partial charge on any atom is -0.369 e. The monoisotopic (exact) mass is 470 g/mol. The highest BCUT2D eigenvalue weighted by atomic mass is 35.5. The molecule has 8 heteroatoms. The van der Waals surface area contributed by atoms with Gasteiger partial charge in [0.25, 0.3) is 5.91 Å². The van der Waals surface area contributed by atoms with Gasteiger partial charge in [-0.3, -0.25) is 19.3 Å². The molecule has 3 rings (SSSR count). The van der Waals surface area contributed by atoms with Crippen molar-refractivity contribution in [1.29, 1.82) is 0 Å². The Morgan fingerprint density at radius 1 is 1.09 bits per heavy atom. The van der Waals surface area contributed by atoms with Crippen LogP contribution in [-0.4, -0.2) is 41.8 Å². The highest BCUT2D eigenvalue weighted by molar-refractivity contribution is 6.33. The Kier molecular flexibility index (Phi) is 8.47. The summed E-state index contributed by atoms with van der Waals surface area (Å²) in [4.78, 5) is 39.3. The van der Waals surface area contributed by atoms with E-state index in [2.05, 4.69) is 15.5 Å². The summed E-state index contributed by atoms with van der Waals surface area (Å²) in [5.41, 5.74) is 7.48. The number of carbonyl (C=O) groups is 3. The fourth-order valence-electron chi connectivity index (χ4n) is 4.00. The van der Waals surface area contributed by atoms with Crippen molar-refractivity contribution in [3.05, 3.63) is 64.7 Å². The maximum Gasteiger partial charge on any atom is 0.253 e. The Hall–Kier alpha value is -2.90. The topological polar surface area (TPSA) is 105 Å². The number of hydrogen-bond acceptors (Lipinski definition) is 4. The van der Waals surface area contributed by atoms with Crippen molar-refractivity contribution in [2.45, 2.75) is 39.3 Å². The number of nitrogens with one attached hydrogen (secondary N) is 2. The van der Waals surface area contributed by atoms with Crippen LogP contribution in [0.5, 0.6) is 0 Å². The minimum atomic E-state index is -0.717. The molecule has 1 atom stereocenters. The Bertz CT molecular complexity index is 1000. The highest BCUT2D eigenvalue weighted by Crippen LogP contribution is 2.21. The molecular weight excluding hydrogens is 440 g/mol. The average Bonchev–Trinajstić information content (AvgIpc) is 2.78. The van der Waals surface area contributed by atoms with E-state index < -0.39 is 6.04 Å². The van der Waals surface area contributed by atoms with Gasteiger partial charge in [-0.25, -0.2) is 0 Å². The van der Waals surface area contributed by atoms with Crippen LogP contribution in [0.25, 0.3) is 0 Å². The van der Waals surface area contributed by atoms with Crippen molar-refractivity contribution in [2.75, 3.05) is 18.4 Å². The van der Waals surface area contributed by atoms with E-state index in [0.717, 1.165) is 38.0 Å². The SMILES string of the molecule is CC(C)C(NC(=O)c1ccccc1Cl)C(=O)Nc1cccc(CN2CCC(C(N)=O)CC2)c1. The summed E-state index contributed by atoms with van der Waals surface area (Å²) < 4.78 is 0. The quantitative estimate of drug-likeness (QED) is 0.549. The third kappa shape index (κ3) is 6.79. The second-order valence-electron chi connectivity index (χ2n) is 8.82. The van der Waals surface area contributed by atoms with Crippen molar-refractivity contribution in [3.63, 3.8) is 0 Å².